The van der Waals surface area contributed by atoms with Crippen LogP contribution in [-0.4, -0.2) is 47.5 Å². The van der Waals surface area contributed by atoms with Gasteiger partial charge in [0.25, 0.3) is 5.91 Å². The van der Waals surface area contributed by atoms with Gasteiger partial charge in [0.2, 0.25) is 0 Å². The third-order valence-corrected chi connectivity index (χ3v) is 5.00. The van der Waals surface area contributed by atoms with Crippen LogP contribution in [0.15, 0.2) is 53.8 Å². The number of rotatable bonds is 15. The number of carbonyl (C=O) groups excluding carboxylic acids is 3. The molecule has 33 heavy (non-hydrogen) atoms. The van der Waals surface area contributed by atoms with Crippen LogP contribution in [0.25, 0.3) is 5.70 Å². The van der Waals surface area contributed by atoms with E-state index in [0.717, 1.165) is 30.4 Å². The molecule has 0 saturated carbocycles. The first-order chi connectivity index (χ1) is 15.8. The van der Waals surface area contributed by atoms with Crippen molar-refractivity contribution in [2.75, 3.05) is 13.7 Å². The molecule has 1 rings (SSSR count). The zero-order chi connectivity index (χ0) is 24.6. The van der Waals surface area contributed by atoms with E-state index in [-0.39, 0.29) is 23.4 Å². The van der Waals surface area contributed by atoms with Gasteiger partial charge in [-0.3, -0.25) is 9.59 Å². The van der Waals surface area contributed by atoms with Crippen LogP contribution in [-0.2, 0) is 19.1 Å². The number of aromatic nitrogens is 2. The van der Waals surface area contributed by atoms with Gasteiger partial charge in [-0.15, -0.1) is 0 Å². The number of ketones is 1. The summed E-state index contributed by atoms with van der Waals surface area (Å²) in [5.74, 6) is -0.431. The third kappa shape index (κ3) is 10.4. The van der Waals surface area contributed by atoms with Crippen LogP contribution in [0.1, 0.15) is 58.6 Å². The SMILES string of the molecule is CC/C=C(/C=C(/C(=O)NC(/C=C/CCOC)CC/C(C)=C/CC=O)n1nccc1C)C(C)=O. The summed E-state index contributed by atoms with van der Waals surface area (Å²) in [5.41, 5.74) is 2.64. The van der Waals surface area contributed by atoms with Gasteiger partial charge in [-0.2, -0.15) is 5.10 Å². The minimum Gasteiger partial charge on any atom is -0.384 e. The van der Waals surface area contributed by atoms with E-state index in [1.807, 2.05) is 39.0 Å². The standard InChI is InChI=1S/C26H37N3O4/c1-6-10-23(22(4)31)19-25(29-21(3)15-16-27-29)26(32)28-24(12-7-8-18-33-5)14-13-20(2)11-9-17-30/h7,10-12,15-17,19,24H,6,8-9,13-14,18H2,1-5H3,(H,28,32)/b12-7+,20-11+,23-10-,25-19-. The van der Waals surface area contributed by atoms with Crippen molar-refractivity contribution in [2.45, 2.75) is 65.8 Å². The summed E-state index contributed by atoms with van der Waals surface area (Å²) >= 11 is 0. The number of aryl methyl sites for hydroxylation is 1. The minimum absolute atomic E-state index is 0.112. The van der Waals surface area contributed by atoms with Crippen molar-refractivity contribution in [3.8, 4) is 0 Å². The Labute approximate surface area is 197 Å². The fourth-order valence-electron chi connectivity index (χ4n) is 3.16. The Hall–Kier alpha value is -3.06. The molecule has 180 valence electrons. The Kier molecular flexibility index (Phi) is 13.3. The van der Waals surface area contributed by atoms with Crippen molar-refractivity contribution < 1.29 is 19.1 Å². The molecule has 0 bridgehead atoms. The van der Waals surface area contributed by atoms with E-state index in [4.69, 9.17) is 4.74 Å². The van der Waals surface area contributed by atoms with Gasteiger partial charge in [-0.05, 0) is 58.6 Å². The first-order valence-electron chi connectivity index (χ1n) is 11.3. The third-order valence-electron chi connectivity index (χ3n) is 5.00. The molecule has 0 aromatic carbocycles. The van der Waals surface area contributed by atoms with Gasteiger partial charge in [0.1, 0.15) is 12.0 Å². The van der Waals surface area contributed by atoms with E-state index in [2.05, 4.69) is 10.4 Å². The second-order valence-corrected chi connectivity index (χ2v) is 7.82. The summed E-state index contributed by atoms with van der Waals surface area (Å²) < 4.78 is 6.64. The molecule has 1 unspecified atom stereocenters. The highest BCUT2D eigenvalue weighted by Crippen LogP contribution is 2.15. The molecule has 0 aliphatic rings. The number of nitrogens with zero attached hydrogens (tertiary/aromatic N) is 2. The lowest BCUT2D eigenvalue weighted by atomic mass is 10.0. The first kappa shape index (κ1) is 28.0. The molecule has 1 atom stereocenters. The summed E-state index contributed by atoms with van der Waals surface area (Å²) in [6.45, 7) is 7.85. The Morgan fingerprint density at radius 3 is 2.61 bits per heavy atom. The summed E-state index contributed by atoms with van der Waals surface area (Å²) in [6, 6.07) is 1.57. The molecular formula is C26H37N3O4. The number of Topliss-reactive ketones (excluding diaryl/α,β-unsaturated/α-hetero) is 1. The van der Waals surface area contributed by atoms with Crippen molar-refractivity contribution in [1.29, 1.82) is 0 Å². The number of carbonyl (C=O) groups is 3. The van der Waals surface area contributed by atoms with Crippen LogP contribution >= 0.6 is 0 Å². The number of hydrogen-bond acceptors (Lipinski definition) is 5. The van der Waals surface area contributed by atoms with Crippen molar-refractivity contribution in [2.24, 2.45) is 0 Å². The monoisotopic (exact) mass is 455 g/mol. The molecule has 0 spiro atoms. The van der Waals surface area contributed by atoms with Gasteiger partial charge in [-0.25, -0.2) is 4.68 Å². The van der Waals surface area contributed by atoms with Crippen LogP contribution in [0.2, 0.25) is 0 Å². The average Bonchev–Trinajstić information content (AvgIpc) is 3.21. The largest absolute Gasteiger partial charge is 0.384 e. The highest BCUT2D eigenvalue weighted by Gasteiger charge is 2.19. The van der Waals surface area contributed by atoms with Crippen molar-refractivity contribution in [3.05, 3.63) is 59.5 Å². The molecule has 7 nitrogen and oxygen atoms in total. The fraction of sp³-hybridized carbons (Fsp3) is 0.462. The number of methoxy groups -OCH3 is 1. The lowest BCUT2D eigenvalue weighted by Crippen LogP contribution is -2.36. The summed E-state index contributed by atoms with van der Waals surface area (Å²) in [7, 11) is 1.65. The molecule has 1 aromatic rings. The second kappa shape index (κ2) is 15.7. The minimum atomic E-state index is -0.319. The molecule has 1 heterocycles. The lowest BCUT2D eigenvalue weighted by Gasteiger charge is -2.18. The summed E-state index contributed by atoms with van der Waals surface area (Å²) in [4.78, 5) is 36.1. The summed E-state index contributed by atoms with van der Waals surface area (Å²) in [5, 5.41) is 7.36. The second-order valence-electron chi connectivity index (χ2n) is 7.82. The zero-order valence-corrected chi connectivity index (χ0v) is 20.5. The predicted octanol–water partition coefficient (Wildman–Crippen LogP) is 4.35. The number of hydrogen-bond donors (Lipinski definition) is 1. The maximum atomic E-state index is 13.4. The normalized spacial score (nSPS) is 13.9. The Balaban J connectivity index is 3.20. The molecule has 1 N–H and O–H groups in total. The molecule has 7 heteroatoms. The quantitative estimate of drug-likeness (QED) is 0.140. The van der Waals surface area contributed by atoms with Crippen LogP contribution < -0.4 is 5.32 Å². The zero-order valence-electron chi connectivity index (χ0n) is 20.5. The van der Waals surface area contributed by atoms with E-state index in [1.165, 1.54) is 6.92 Å². The Morgan fingerprint density at radius 2 is 2.03 bits per heavy atom. The number of nitrogens with one attached hydrogen (secondary N) is 1. The Morgan fingerprint density at radius 1 is 1.27 bits per heavy atom. The molecule has 0 aliphatic carbocycles. The summed E-state index contributed by atoms with van der Waals surface area (Å²) in [6.07, 6.45) is 14.9. The Bertz CT molecular complexity index is 906. The van der Waals surface area contributed by atoms with Crippen molar-refractivity contribution >= 4 is 23.7 Å². The predicted molar refractivity (Wildman–Crippen MR) is 132 cm³/mol. The van der Waals surface area contributed by atoms with Gasteiger partial charge in [0.05, 0.1) is 0 Å². The molecular weight excluding hydrogens is 418 g/mol. The topological polar surface area (TPSA) is 90.3 Å². The van der Waals surface area contributed by atoms with Crippen molar-refractivity contribution in [1.82, 2.24) is 15.1 Å². The molecule has 1 amide bonds. The maximum Gasteiger partial charge on any atom is 0.270 e. The number of aldehydes is 1. The molecule has 0 fully saturated rings. The number of ether oxygens (including phenoxy) is 1. The smallest absolute Gasteiger partial charge is 0.270 e. The average molecular weight is 456 g/mol. The lowest BCUT2D eigenvalue weighted by molar-refractivity contribution is -0.116. The van der Waals surface area contributed by atoms with Gasteiger partial charge in [0, 0.05) is 43.6 Å². The van der Waals surface area contributed by atoms with E-state index in [9.17, 15) is 14.4 Å². The van der Waals surface area contributed by atoms with Crippen LogP contribution in [0.3, 0.4) is 0 Å². The van der Waals surface area contributed by atoms with Gasteiger partial charge >= 0.3 is 0 Å². The first-order valence-corrected chi connectivity index (χ1v) is 11.3. The van der Waals surface area contributed by atoms with Crippen LogP contribution in [0.5, 0.6) is 0 Å². The van der Waals surface area contributed by atoms with E-state index >= 15 is 0 Å². The van der Waals surface area contributed by atoms with Crippen LogP contribution in [0, 0.1) is 6.92 Å². The molecule has 0 aliphatic heterocycles. The van der Waals surface area contributed by atoms with E-state index in [1.54, 1.807) is 36.2 Å². The van der Waals surface area contributed by atoms with Crippen LogP contribution in [0.4, 0.5) is 0 Å². The maximum absolute atomic E-state index is 13.4. The van der Waals surface area contributed by atoms with E-state index < -0.39 is 0 Å². The molecule has 1 aromatic heterocycles. The number of amides is 1. The van der Waals surface area contributed by atoms with Gasteiger partial charge in [-0.1, -0.05) is 36.8 Å². The molecule has 0 saturated heterocycles. The highest BCUT2D eigenvalue weighted by atomic mass is 16.5. The highest BCUT2D eigenvalue weighted by molar-refractivity contribution is 6.16. The van der Waals surface area contributed by atoms with Gasteiger partial charge < -0.3 is 14.8 Å². The molecule has 0 radical (unpaired) electrons. The van der Waals surface area contributed by atoms with Crippen molar-refractivity contribution in [3.63, 3.8) is 0 Å². The number of allylic oxidation sites excluding steroid dienone is 5. The van der Waals surface area contributed by atoms with E-state index in [0.29, 0.717) is 31.4 Å². The van der Waals surface area contributed by atoms with Gasteiger partial charge in [0.15, 0.2) is 5.78 Å². The fourth-order valence-corrected chi connectivity index (χ4v) is 3.16.